The van der Waals surface area contributed by atoms with Gasteiger partial charge in [0.1, 0.15) is 29.9 Å². The maximum absolute atomic E-state index is 12.1. The van der Waals surface area contributed by atoms with Gasteiger partial charge in [0.15, 0.2) is 5.11 Å². The minimum absolute atomic E-state index is 0.00959. The van der Waals surface area contributed by atoms with Crippen molar-refractivity contribution in [2.24, 2.45) is 0 Å². The molecule has 3 heterocycles. The van der Waals surface area contributed by atoms with Crippen LogP contribution in [-0.2, 0) is 9.53 Å². The van der Waals surface area contributed by atoms with Crippen LogP contribution in [0.1, 0.15) is 36.0 Å². The first kappa shape index (κ1) is 26.4. The van der Waals surface area contributed by atoms with Gasteiger partial charge in [0.25, 0.3) is 0 Å². The molecular weight excluding hydrogens is 512 g/mol. The minimum Gasteiger partial charge on any atom is -0.494 e. The Labute approximate surface area is 233 Å². The van der Waals surface area contributed by atoms with E-state index in [4.69, 9.17) is 26.1 Å². The van der Waals surface area contributed by atoms with E-state index in [2.05, 4.69) is 15.6 Å². The highest BCUT2D eigenvalue weighted by Crippen LogP contribution is 2.43. The molecule has 5 rings (SSSR count). The van der Waals surface area contributed by atoms with Crippen molar-refractivity contribution in [3.8, 4) is 17.1 Å². The molecule has 0 unspecified atom stereocenters. The van der Waals surface area contributed by atoms with Crippen LogP contribution in [0.5, 0.6) is 5.75 Å². The van der Waals surface area contributed by atoms with Crippen molar-refractivity contribution in [3.05, 3.63) is 96.0 Å². The van der Waals surface area contributed by atoms with E-state index in [0.29, 0.717) is 17.4 Å². The smallest absolute Gasteiger partial charge is 0.250 e. The highest BCUT2D eigenvalue weighted by Gasteiger charge is 2.42. The zero-order valence-electron chi connectivity index (χ0n) is 22.0. The molecule has 4 aromatic rings. The Kier molecular flexibility index (Phi) is 7.90. The monoisotopic (exact) mass is 542 g/mol. The Balaban J connectivity index is 1.50. The molecule has 1 aliphatic heterocycles. The average Bonchev–Trinajstić information content (AvgIpc) is 3.56. The number of hydrogen-bond donors (Lipinski definition) is 2. The fraction of sp³-hybridized carbons (Fsp3) is 0.233. The van der Waals surface area contributed by atoms with Gasteiger partial charge in [-0.05, 0) is 98.4 Å². The number of furan rings is 1. The Morgan fingerprint density at radius 3 is 2.64 bits per heavy atom. The molecule has 0 saturated carbocycles. The summed E-state index contributed by atoms with van der Waals surface area (Å²) in [5.74, 6) is 2.10. The highest BCUT2D eigenvalue weighted by molar-refractivity contribution is 7.80. The van der Waals surface area contributed by atoms with Crippen LogP contribution in [0.4, 0.5) is 11.4 Å². The summed E-state index contributed by atoms with van der Waals surface area (Å²) in [6.45, 7) is 4.51. The first-order valence-corrected chi connectivity index (χ1v) is 13.1. The fourth-order valence-electron chi connectivity index (χ4n) is 4.73. The molecule has 2 N–H and O–H groups in total. The van der Waals surface area contributed by atoms with E-state index < -0.39 is 0 Å². The molecule has 0 aliphatic carbocycles. The zero-order chi connectivity index (χ0) is 27.4. The molecule has 0 radical (unpaired) electrons. The molecule has 0 bridgehead atoms. The summed E-state index contributed by atoms with van der Waals surface area (Å²) in [6, 6.07) is 22.9. The van der Waals surface area contributed by atoms with Gasteiger partial charge in [-0.3, -0.25) is 9.78 Å². The van der Waals surface area contributed by atoms with Crippen molar-refractivity contribution in [1.82, 2.24) is 10.3 Å². The number of benzene rings is 2. The quantitative estimate of drug-likeness (QED) is 0.256. The SMILES string of the molecule is CCOc1ccc(-c2ccc([C@H]3[C@@H](c4ccccn4)NC(=S)N3c3ccc(NC(=O)COC)c(C)c3)o2)cc1. The Morgan fingerprint density at radius 1 is 1.13 bits per heavy atom. The van der Waals surface area contributed by atoms with E-state index in [1.165, 1.54) is 7.11 Å². The van der Waals surface area contributed by atoms with Crippen LogP contribution < -0.4 is 20.3 Å². The molecule has 1 fully saturated rings. The molecule has 2 aromatic heterocycles. The molecule has 1 saturated heterocycles. The number of amides is 1. The lowest BCUT2D eigenvalue weighted by Crippen LogP contribution is -2.29. The normalized spacial score (nSPS) is 16.7. The number of aromatic nitrogens is 1. The summed E-state index contributed by atoms with van der Waals surface area (Å²) < 4.78 is 17.0. The van der Waals surface area contributed by atoms with Gasteiger partial charge in [0.2, 0.25) is 5.91 Å². The van der Waals surface area contributed by atoms with Gasteiger partial charge >= 0.3 is 0 Å². The number of nitrogens with one attached hydrogen (secondary N) is 2. The average molecular weight is 543 g/mol. The van der Waals surface area contributed by atoms with Crippen LogP contribution >= 0.6 is 12.2 Å². The number of carbonyl (C=O) groups excluding carboxylic acids is 1. The molecular formula is C30H30N4O4S. The maximum atomic E-state index is 12.1. The number of rotatable bonds is 9. The molecule has 1 amide bonds. The van der Waals surface area contributed by atoms with Crippen molar-refractivity contribution < 1.29 is 18.7 Å². The molecule has 8 nitrogen and oxygen atoms in total. The Morgan fingerprint density at radius 2 is 1.95 bits per heavy atom. The van der Waals surface area contributed by atoms with Gasteiger partial charge in [-0.15, -0.1) is 0 Å². The number of aryl methyl sites for hydroxylation is 1. The maximum Gasteiger partial charge on any atom is 0.250 e. The number of thiocarbonyl (C=S) groups is 1. The van der Waals surface area contributed by atoms with Crippen LogP contribution in [-0.4, -0.2) is 36.3 Å². The highest BCUT2D eigenvalue weighted by atomic mass is 32.1. The number of methoxy groups -OCH3 is 1. The lowest BCUT2D eigenvalue weighted by atomic mass is 10.0. The lowest BCUT2D eigenvalue weighted by Gasteiger charge is -2.26. The summed E-state index contributed by atoms with van der Waals surface area (Å²) in [4.78, 5) is 18.7. The van der Waals surface area contributed by atoms with Crippen molar-refractivity contribution >= 4 is 34.6 Å². The molecule has 2 atom stereocenters. The third-order valence-electron chi connectivity index (χ3n) is 6.50. The summed E-state index contributed by atoms with van der Waals surface area (Å²) >= 11 is 5.84. The van der Waals surface area contributed by atoms with Crippen LogP contribution in [0.2, 0.25) is 0 Å². The topological polar surface area (TPSA) is 88.9 Å². The first-order valence-electron chi connectivity index (χ1n) is 12.7. The third kappa shape index (κ3) is 5.64. The largest absolute Gasteiger partial charge is 0.494 e. The number of anilines is 2. The van der Waals surface area contributed by atoms with Gasteiger partial charge in [-0.25, -0.2) is 0 Å². The zero-order valence-corrected chi connectivity index (χ0v) is 22.8. The number of pyridine rings is 1. The predicted octanol–water partition coefficient (Wildman–Crippen LogP) is 5.81. The third-order valence-corrected chi connectivity index (χ3v) is 6.82. The summed E-state index contributed by atoms with van der Waals surface area (Å²) in [6.07, 6.45) is 1.77. The summed E-state index contributed by atoms with van der Waals surface area (Å²) in [5, 5.41) is 6.90. The van der Waals surface area contributed by atoms with E-state index in [9.17, 15) is 4.79 Å². The van der Waals surface area contributed by atoms with Crippen molar-refractivity contribution in [1.29, 1.82) is 0 Å². The van der Waals surface area contributed by atoms with Gasteiger partial charge in [0, 0.05) is 30.2 Å². The van der Waals surface area contributed by atoms with E-state index >= 15 is 0 Å². The molecule has 9 heteroatoms. The fourth-order valence-corrected chi connectivity index (χ4v) is 5.07. The van der Waals surface area contributed by atoms with Crippen LogP contribution in [0.15, 0.2) is 83.4 Å². The van der Waals surface area contributed by atoms with Gasteiger partial charge < -0.3 is 29.4 Å². The second-order valence-electron chi connectivity index (χ2n) is 9.14. The van der Waals surface area contributed by atoms with Gasteiger partial charge in [0.05, 0.1) is 18.3 Å². The number of nitrogens with zero attached hydrogens (tertiary/aromatic N) is 2. The van der Waals surface area contributed by atoms with Crippen LogP contribution in [0, 0.1) is 6.92 Å². The van der Waals surface area contributed by atoms with E-state index in [0.717, 1.165) is 39.8 Å². The molecule has 2 aromatic carbocycles. The molecule has 1 aliphatic rings. The van der Waals surface area contributed by atoms with Crippen LogP contribution in [0.3, 0.4) is 0 Å². The van der Waals surface area contributed by atoms with Crippen molar-refractivity contribution in [3.63, 3.8) is 0 Å². The predicted molar refractivity (Wildman–Crippen MR) is 155 cm³/mol. The first-order chi connectivity index (χ1) is 19.0. The molecule has 0 spiro atoms. The summed E-state index contributed by atoms with van der Waals surface area (Å²) in [5.41, 5.74) is 4.29. The Hall–Kier alpha value is -4.21. The van der Waals surface area contributed by atoms with E-state index in [1.807, 2.05) is 91.5 Å². The van der Waals surface area contributed by atoms with Gasteiger partial charge in [-0.2, -0.15) is 0 Å². The number of hydrogen-bond acceptors (Lipinski definition) is 6. The number of carbonyl (C=O) groups is 1. The molecule has 200 valence electrons. The minimum atomic E-state index is -0.294. The van der Waals surface area contributed by atoms with E-state index in [1.54, 1.807) is 6.20 Å². The van der Waals surface area contributed by atoms with Gasteiger partial charge in [-0.1, -0.05) is 6.07 Å². The summed E-state index contributed by atoms with van der Waals surface area (Å²) in [7, 11) is 1.49. The second-order valence-corrected chi connectivity index (χ2v) is 9.52. The van der Waals surface area contributed by atoms with Crippen molar-refractivity contribution in [2.75, 3.05) is 30.5 Å². The van der Waals surface area contributed by atoms with Crippen LogP contribution in [0.25, 0.3) is 11.3 Å². The Bertz CT molecular complexity index is 1460. The molecule has 39 heavy (non-hydrogen) atoms. The standard InChI is InChI=1S/C30H30N4O4S/c1-4-37-22-11-8-20(9-12-22)25-14-15-26(38-25)29-28(24-7-5-6-16-31-24)33-30(39)34(29)21-10-13-23(19(2)17-21)32-27(35)18-36-3/h5-17,28-29H,4,18H2,1-3H3,(H,32,35)(H,33,39)/t28-,29+/m1/s1. The van der Waals surface area contributed by atoms with E-state index in [-0.39, 0.29) is 24.6 Å². The number of ether oxygens (including phenoxy) is 2. The lowest BCUT2D eigenvalue weighted by molar-refractivity contribution is -0.119. The van der Waals surface area contributed by atoms with Crippen molar-refractivity contribution in [2.45, 2.75) is 25.9 Å². The second kappa shape index (κ2) is 11.7.